The molecular formula is C17H19N3O4S. The number of nitrogens with one attached hydrogen (secondary N) is 2. The van der Waals surface area contributed by atoms with Crippen LogP contribution in [-0.4, -0.2) is 33.9 Å². The third-order valence-corrected chi connectivity index (χ3v) is 4.91. The maximum Gasteiger partial charge on any atom is 0.319 e. The lowest BCUT2D eigenvalue weighted by Crippen LogP contribution is -2.37. The summed E-state index contributed by atoms with van der Waals surface area (Å²) in [5, 5.41) is 5.48. The Morgan fingerprint density at radius 3 is 2.68 bits per heavy atom. The molecule has 0 fully saturated rings. The molecule has 0 atom stereocenters. The highest BCUT2D eigenvalue weighted by Gasteiger charge is 2.25. The van der Waals surface area contributed by atoms with E-state index in [0.717, 1.165) is 11.8 Å². The van der Waals surface area contributed by atoms with Crippen molar-refractivity contribution in [3.05, 3.63) is 54.1 Å². The van der Waals surface area contributed by atoms with Crippen molar-refractivity contribution >= 4 is 27.4 Å². The fraction of sp³-hybridized carbons (Fsp3) is 0.235. The fourth-order valence-corrected chi connectivity index (χ4v) is 3.48. The maximum absolute atomic E-state index is 12.0. The van der Waals surface area contributed by atoms with Crippen LogP contribution in [0.2, 0.25) is 0 Å². The van der Waals surface area contributed by atoms with Crippen molar-refractivity contribution in [1.29, 1.82) is 0 Å². The molecule has 3 rings (SSSR count). The van der Waals surface area contributed by atoms with Crippen molar-refractivity contribution in [3.8, 4) is 5.75 Å². The summed E-state index contributed by atoms with van der Waals surface area (Å²) in [6, 6.07) is 14.1. The predicted octanol–water partition coefficient (Wildman–Crippen LogP) is 2.17. The van der Waals surface area contributed by atoms with Gasteiger partial charge in [-0.2, -0.15) is 0 Å². The lowest BCUT2D eigenvalue weighted by molar-refractivity contribution is 0.251. The molecule has 0 spiro atoms. The first-order valence-corrected chi connectivity index (χ1v) is 9.62. The molecule has 7 nitrogen and oxygen atoms in total. The zero-order chi connectivity index (χ0) is 17.9. The van der Waals surface area contributed by atoms with Crippen LogP contribution >= 0.6 is 0 Å². The van der Waals surface area contributed by atoms with Crippen LogP contribution in [0, 0.1) is 0 Å². The highest BCUT2D eigenvalue weighted by Crippen LogP contribution is 2.35. The number of fused-ring (bicyclic) bond motifs is 1. The van der Waals surface area contributed by atoms with Crippen molar-refractivity contribution in [3.63, 3.8) is 0 Å². The third-order valence-electron chi connectivity index (χ3n) is 3.73. The normalized spacial score (nSPS) is 13.6. The van der Waals surface area contributed by atoms with Crippen molar-refractivity contribution in [2.24, 2.45) is 0 Å². The molecule has 2 N–H and O–H groups in total. The average Bonchev–Trinajstić information content (AvgIpc) is 2.59. The molecule has 2 amide bonds. The van der Waals surface area contributed by atoms with Crippen molar-refractivity contribution in [2.75, 3.05) is 29.0 Å². The molecular weight excluding hydrogens is 342 g/mol. The Morgan fingerprint density at radius 2 is 1.96 bits per heavy atom. The smallest absolute Gasteiger partial charge is 0.319 e. The van der Waals surface area contributed by atoms with Crippen LogP contribution in [0.3, 0.4) is 0 Å². The molecule has 0 bridgehead atoms. The minimum absolute atomic E-state index is 0.268. The van der Waals surface area contributed by atoms with E-state index in [1.165, 1.54) is 4.31 Å². The zero-order valence-corrected chi connectivity index (χ0v) is 14.5. The second-order valence-corrected chi connectivity index (χ2v) is 7.57. The van der Waals surface area contributed by atoms with Crippen LogP contribution in [-0.2, 0) is 16.6 Å². The van der Waals surface area contributed by atoms with Crippen molar-refractivity contribution in [1.82, 2.24) is 5.32 Å². The van der Waals surface area contributed by atoms with Crippen LogP contribution in [0.25, 0.3) is 0 Å². The number of sulfonamides is 1. The Hall–Kier alpha value is -2.74. The molecule has 132 valence electrons. The van der Waals surface area contributed by atoms with Crippen LogP contribution < -0.4 is 19.7 Å². The zero-order valence-electron chi connectivity index (χ0n) is 13.7. The summed E-state index contributed by atoms with van der Waals surface area (Å²) in [5.74, 6) is 0.428. The third kappa shape index (κ3) is 4.21. The van der Waals surface area contributed by atoms with Gasteiger partial charge in [-0.15, -0.1) is 0 Å². The number of urea groups is 1. The average molecular weight is 361 g/mol. The fourth-order valence-electron chi connectivity index (χ4n) is 2.57. The number of nitrogens with zero attached hydrogens (tertiary/aromatic N) is 1. The van der Waals surface area contributed by atoms with E-state index in [0.29, 0.717) is 23.7 Å². The Morgan fingerprint density at radius 1 is 1.20 bits per heavy atom. The lowest BCUT2D eigenvalue weighted by atomic mass is 10.2. The van der Waals surface area contributed by atoms with Crippen LogP contribution in [0.4, 0.5) is 16.2 Å². The van der Waals surface area contributed by atoms with Gasteiger partial charge in [0, 0.05) is 18.3 Å². The Labute approximate surface area is 146 Å². The van der Waals surface area contributed by atoms with Gasteiger partial charge >= 0.3 is 6.03 Å². The lowest BCUT2D eigenvalue weighted by Gasteiger charge is -2.29. The van der Waals surface area contributed by atoms with E-state index in [-0.39, 0.29) is 19.2 Å². The first kappa shape index (κ1) is 17.1. The molecule has 2 aromatic carbocycles. The number of benzene rings is 2. The largest absolute Gasteiger partial charge is 0.489 e. The number of hydrogen-bond acceptors (Lipinski definition) is 4. The monoisotopic (exact) mass is 361 g/mol. The van der Waals surface area contributed by atoms with Crippen molar-refractivity contribution in [2.45, 2.75) is 6.54 Å². The summed E-state index contributed by atoms with van der Waals surface area (Å²) in [6.45, 7) is 0.954. The van der Waals surface area contributed by atoms with Gasteiger partial charge in [-0.25, -0.2) is 13.2 Å². The van der Waals surface area contributed by atoms with Gasteiger partial charge in [-0.05, 0) is 17.7 Å². The summed E-state index contributed by atoms with van der Waals surface area (Å²) in [4.78, 5) is 12.0. The van der Waals surface area contributed by atoms with Crippen LogP contribution in [0.15, 0.2) is 48.5 Å². The van der Waals surface area contributed by atoms with E-state index in [2.05, 4.69) is 10.6 Å². The topological polar surface area (TPSA) is 87.7 Å². The van der Waals surface area contributed by atoms with Gasteiger partial charge in [0.05, 0.1) is 18.5 Å². The minimum atomic E-state index is -3.36. The van der Waals surface area contributed by atoms with E-state index >= 15 is 0 Å². The molecule has 2 aromatic rings. The number of ether oxygens (including phenoxy) is 1. The Kier molecular flexibility index (Phi) is 4.80. The number of carbonyl (C=O) groups excluding carboxylic acids is 1. The molecule has 0 radical (unpaired) electrons. The Bertz CT molecular complexity index is 869. The SMILES string of the molecule is CS(=O)(=O)N1CCOc2cc(NC(=O)NCc3ccccc3)ccc21. The van der Waals surface area contributed by atoms with Gasteiger partial charge in [0.1, 0.15) is 12.4 Å². The van der Waals surface area contributed by atoms with E-state index in [4.69, 9.17) is 4.74 Å². The summed E-state index contributed by atoms with van der Waals surface area (Å²) in [5.41, 5.74) is 2.00. The molecule has 0 saturated carbocycles. The van der Waals surface area contributed by atoms with E-state index in [9.17, 15) is 13.2 Å². The van der Waals surface area contributed by atoms with Gasteiger partial charge in [0.15, 0.2) is 0 Å². The summed E-state index contributed by atoms with van der Waals surface area (Å²) in [6.07, 6.45) is 1.16. The molecule has 1 aliphatic heterocycles. The minimum Gasteiger partial charge on any atom is -0.489 e. The van der Waals surface area contributed by atoms with Gasteiger partial charge in [0.25, 0.3) is 0 Å². The maximum atomic E-state index is 12.0. The van der Waals surface area contributed by atoms with E-state index < -0.39 is 10.0 Å². The predicted molar refractivity (Wildman–Crippen MR) is 96.4 cm³/mol. The second kappa shape index (κ2) is 7.02. The quantitative estimate of drug-likeness (QED) is 0.874. The Balaban J connectivity index is 1.67. The summed E-state index contributed by atoms with van der Waals surface area (Å²) >= 11 is 0. The summed E-state index contributed by atoms with van der Waals surface area (Å²) < 4.78 is 30.5. The van der Waals surface area contributed by atoms with Gasteiger partial charge in [0.2, 0.25) is 10.0 Å². The molecule has 0 unspecified atom stereocenters. The molecule has 25 heavy (non-hydrogen) atoms. The second-order valence-electron chi connectivity index (χ2n) is 5.66. The number of amides is 2. The summed E-state index contributed by atoms with van der Waals surface area (Å²) in [7, 11) is -3.36. The molecule has 1 heterocycles. The highest BCUT2D eigenvalue weighted by atomic mass is 32.2. The van der Waals surface area contributed by atoms with Gasteiger partial charge < -0.3 is 15.4 Å². The molecule has 0 aliphatic carbocycles. The van der Waals surface area contributed by atoms with Gasteiger partial charge in [-0.3, -0.25) is 4.31 Å². The van der Waals surface area contributed by atoms with E-state index in [1.807, 2.05) is 30.3 Å². The molecule has 8 heteroatoms. The van der Waals surface area contributed by atoms with Crippen LogP contribution in [0.5, 0.6) is 5.75 Å². The molecule has 0 aromatic heterocycles. The number of carbonyl (C=O) groups is 1. The van der Waals surface area contributed by atoms with Crippen molar-refractivity contribution < 1.29 is 17.9 Å². The molecule has 0 saturated heterocycles. The number of rotatable bonds is 4. The number of anilines is 2. The van der Waals surface area contributed by atoms with E-state index in [1.54, 1.807) is 18.2 Å². The first-order valence-electron chi connectivity index (χ1n) is 7.77. The first-order chi connectivity index (χ1) is 11.9. The van der Waals surface area contributed by atoms with Crippen LogP contribution in [0.1, 0.15) is 5.56 Å². The highest BCUT2D eigenvalue weighted by molar-refractivity contribution is 7.92. The standard InChI is InChI=1S/C17H19N3O4S/c1-25(22,23)20-9-10-24-16-11-14(7-8-15(16)20)19-17(21)18-12-13-5-3-2-4-6-13/h2-8,11H,9-10,12H2,1H3,(H2,18,19,21). The van der Waals surface area contributed by atoms with Gasteiger partial charge in [-0.1, -0.05) is 30.3 Å². The molecule has 1 aliphatic rings. The number of hydrogen-bond donors (Lipinski definition) is 2.